The van der Waals surface area contributed by atoms with E-state index in [-0.39, 0.29) is 0 Å². The molecule has 0 N–H and O–H groups in total. The second-order valence-corrected chi connectivity index (χ2v) is 16.3. The molecule has 0 saturated carbocycles. The van der Waals surface area contributed by atoms with Crippen LogP contribution >= 0.6 is 0 Å². The van der Waals surface area contributed by atoms with E-state index in [2.05, 4.69) is 205 Å². The van der Waals surface area contributed by atoms with Crippen LogP contribution in [0.3, 0.4) is 0 Å². The van der Waals surface area contributed by atoms with Crippen LogP contribution in [-0.2, 0) is 10.8 Å². The number of ether oxygens (including phenoxy) is 4. The molecule has 5 heteroatoms. The van der Waals surface area contributed by atoms with Gasteiger partial charge >= 0.3 is 0 Å². The standard InChI is InChI=1S/C56H33NO4/c1-2-16-34(17-3-1)57-45-32-53-43(55(41-22-8-14-28-51(41)60-53)37-18-4-10-24-47(37)58-48-25-11-5-19-38(48)55)30-35(45)36-31-44-54(33-46(36)57)61-52-29-15-9-23-42(52)56(44)39-20-6-12-26-49(39)59-50-27-13-7-21-40(50)56/h1-33H. The smallest absolute Gasteiger partial charge is 0.134 e. The summed E-state index contributed by atoms with van der Waals surface area (Å²) in [5, 5.41) is 2.21. The van der Waals surface area contributed by atoms with Crippen LogP contribution in [0.1, 0.15) is 44.5 Å². The first kappa shape index (κ1) is 32.9. The van der Waals surface area contributed by atoms with Gasteiger partial charge in [0, 0.05) is 73.1 Å². The molecule has 10 aromatic rings. The van der Waals surface area contributed by atoms with Gasteiger partial charge in [-0.3, -0.25) is 0 Å². The van der Waals surface area contributed by atoms with Crippen molar-refractivity contribution in [1.82, 2.24) is 4.57 Å². The van der Waals surface area contributed by atoms with Crippen LogP contribution in [0.5, 0.6) is 46.0 Å². The minimum Gasteiger partial charge on any atom is -0.457 e. The van der Waals surface area contributed by atoms with Crippen molar-refractivity contribution in [1.29, 1.82) is 0 Å². The summed E-state index contributed by atoms with van der Waals surface area (Å²) in [6.45, 7) is 0. The number of rotatable bonds is 1. The minimum atomic E-state index is -0.735. The Morgan fingerprint density at radius 3 is 0.869 bits per heavy atom. The highest BCUT2D eigenvalue weighted by Crippen LogP contribution is 2.64. The van der Waals surface area contributed by atoms with Crippen molar-refractivity contribution in [2.75, 3.05) is 0 Å². The van der Waals surface area contributed by atoms with Crippen molar-refractivity contribution in [3.05, 3.63) is 245 Å². The molecule has 0 fully saturated rings. The SMILES string of the molecule is c1ccc(-n2c3cc4c(cc3c3cc5c(cc32)Oc2ccccc2C52c3ccccc3Oc3ccccc32)C2(c3ccccc3Oc3ccccc32)c2ccccc2O4)cc1. The fraction of sp³-hybridized carbons (Fsp3) is 0.0357. The zero-order chi connectivity index (χ0) is 39.9. The Hall–Kier alpha value is -8.02. The molecular formula is C56H33NO4. The predicted octanol–water partition coefficient (Wildman–Crippen LogP) is 14.0. The van der Waals surface area contributed by atoms with Crippen molar-refractivity contribution in [3.8, 4) is 51.7 Å². The third-order valence-electron chi connectivity index (χ3n) is 13.4. The maximum atomic E-state index is 7.05. The first-order valence-corrected chi connectivity index (χ1v) is 20.7. The molecule has 0 atom stereocenters. The summed E-state index contributed by atoms with van der Waals surface area (Å²) < 4.78 is 29.8. The second kappa shape index (κ2) is 11.8. The van der Waals surface area contributed by atoms with Crippen molar-refractivity contribution in [2.45, 2.75) is 10.8 Å². The van der Waals surface area contributed by atoms with E-state index in [0.29, 0.717) is 0 Å². The lowest BCUT2D eigenvalue weighted by molar-refractivity contribution is 0.399. The molecule has 0 unspecified atom stereocenters. The molecular weight excluding hydrogens is 751 g/mol. The number of fused-ring (bicyclic) bond motifs is 19. The van der Waals surface area contributed by atoms with E-state index < -0.39 is 10.8 Å². The van der Waals surface area contributed by atoms with Gasteiger partial charge in [0.25, 0.3) is 0 Å². The van der Waals surface area contributed by atoms with E-state index in [0.717, 1.165) is 118 Å². The Morgan fingerprint density at radius 1 is 0.262 bits per heavy atom. The van der Waals surface area contributed by atoms with E-state index in [1.54, 1.807) is 0 Å². The molecule has 4 aliphatic heterocycles. The number of hydrogen-bond acceptors (Lipinski definition) is 4. The van der Waals surface area contributed by atoms with Gasteiger partial charge in [-0.25, -0.2) is 0 Å². The Balaban J connectivity index is 1.16. The fourth-order valence-corrected chi connectivity index (χ4v) is 11.1. The molecule has 2 spiro atoms. The quantitative estimate of drug-likeness (QED) is 0.166. The highest BCUT2D eigenvalue weighted by molar-refractivity contribution is 6.11. The first-order valence-electron chi connectivity index (χ1n) is 20.7. The average Bonchev–Trinajstić information content (AvgIpc) is 3.62. The Labute approximate surface area is 351 Å². The summed E-state index contributed by atoms with van der Waals surface area (Å²) in [5.41, 5.74) is 10.2. The van der Waals surface area contributed by atoms with E-state index in [4.69, 9.17) is 18.9 Å². The Kier molecular flexibility index (Phi) is 6.36. The normalized spacial score (nSPS) is 15.0. The van der Waals surface area contributed by atoms with E-state index in [9.17, 15) is 0 Å². The fourth-order valence-electron chi connectivity index (χ4n) is 11.1. The van der Waals surface area contributed by atoms with Crippen molar-refractivity contribution >= 4 is 21.8 Å². The summed E-state index contributed by atoms with van der Waals surface area (Å²) in [6.07, 6.45) is 0. The summed E-state index contributed by atoms with van der Waals surface area (Å²) in [7, 11) is 0. The van der Waals surface area contributed by atoms with Crippen LogP contribution in [0.2, 0.25) is 0 Å². The molecule has 0 saturated heterocycles. The molecule has 5 heterocycles. The van der Waals surface area contributed by atoms with Gasteiger partial charge in [0.1, 0.15) is 46.0 Å². The molecule has 0 amide bonds. The zero-order valence-electron chi connectivity index (χ0n) is 32.6. The Bertz CT molecular complexity index is 3170. The number of hydrogen-bond donors (Lipinski definition) is 0. The van der Waals surface area contributed by atoms with Gasteiger partial charge in [-0.2, -0.15) is 0 Å². The molecule has 5 nitrogen and oxygen atoms in total. The number of benzene rings is 9. The summed E-state index contributed by atoms with van der Waals surface area (Å²) >= 11 is 0. The lowest BCUT2D eigenvalue weighted by Gasteiger charge is -2.45. The Morgan fingerprint density at radius 2 is 0.541 bits per heavy atom. The lowest BCUT2D eigenvalue weighted by atomic mass is 9.62. The topological polar surface area (TPSA) is 41.9 Å². The van der Waals surface area contributed by atoms with Crippen LogP contribution in [0.4, 0.5) is 0 Å². The number of para-hydroxylation sites is 7. The predicted molar refractivity (Wildman–Crippen MR) is 238 cm³/mol. The van der Waals surface area contributed by atoms with Gasteiger partial charge in [0.05, 0.1) is 21.9 Å². The minimum absolute atomic E-state index is 0.735. The van der Waals surface area contributed by atoms with Gasteiger partial charge in [-0.05, 0) is 60.7 Å². The summed E-state index contributed by atoms with van der Waals surface area (Å²) in [4.78, 5) is 0. The summed E-state index contributed by atoms with van der Waals surface area (Å²) in [5.74, 6) is 6.58. The number of aromatic nitrogens is 1. The number of nitrogens with zero attached hydrogens (tertiary/aromatic N) is 1. The lowest BCUT2D eigenvalue weighted by Crippen LogP contribution is -2.36. The van der Waals surface area contributed by atoms with Crippen LogP contribution in [0.25, 0.3) is 27.5 Å². The second-order valence-electron chi connectivity index (χ2n) is 16.3. The molecule has 286 valence electrons. The zero-order valence-corrected chi connectivity index (χ0v) is 32.6. The average molecular weight is 784 g/mol. The third-order valence-corrected chi connectivity index (χ3v) is 13.4. The van der Waals surface area contributed by atoms with E-state index >= 15 is 0 Å². The first-order chi connectivity index (χ1) is 30.2. The van der Waals surface area contributed by atoms with Gasteiger partial charge in [-0.1, -0.05) is 127 Å². The third kappa shape index (κ3) is 4.10. The van der Waals surface area contributed by atoms with Crippen molar-refractivity contribution in [2.24, 2.45) is 0 Å². The summed E-state index contributed by atoms with van der Waals surface area (Å²) in [6, 6.07) is 70.6. The molecule has 0 aliphatic carbocycles. The van der Waals surface area contributed by atoms with E-state index in [1.807, 2.05) is 0 Å². The van der Waals surface area contributed by atoms with E-state index in [1.165, 1.54) is 0 Å². The molecule has 0 radical (unpaired) electrons. The molecule has 1 aromatic heterocycles. The molecule has 4 aliphatic rings. The highest BCUT2D eigenvalue weighted by atomic mass is 16.5. The molecule has 0 bridgehead atoms. The molecule has 61 heavy (non-hydrogen) atoms. The maximum Gasteiger partial charge on any atom is 0.134 e. The highest BCUT2D eigenvalue weighted by Gasteiger charge is 2.52. The van der Waals surface area contributed by atoms with Crippen LogP contribution in [0, 0.1) is 0 Å². The largest absolute Gasteiger partial charge is 0.457 e. The van der Waals surface area contributed by atoms with Gasteiger partial charge in [0.15, 0.2) is 0 Å². The van der Waals surface area contributed by atoms with Crippen molar-refractivity contribution < 1.29 is 18.9 Å². The van der Waals surface area contributed by atoms with Gasteiger partial charge in [-0.15, -0.1) is 0 Å². The van der Waals surface area contributed by atoms with Crippen LogP contribution < -0.4 is 18.9 Å². The van der Waals surface area contributed by atoms with Crippen LogP contribution in [0.15, 0.2) is 200 Å². The molecule has 9 aromatic carbocycles. The van der Waals surface area contributed by atoms with Gasteiger partial charge < -0.3 is 23.5 Å². The monoisotopic (exact) mass is 783 g/mol. The van der Waals surface area contributed by atoms with Gasteiger partial charge in [0.2, 0.25) is 0 Å². The van der Waals surface area contributed by atoms with Crippen LogP contribution in [-0.4, -0.2) is 4.57 Å². The van der Waals surface area contributed by atoms with Crippen molar-refractivity contribution in [3.63, 3.8) is 0 Å². The molecule has 14 rings (SSSR count). The maximum absolute atomic E-state index is 7.05.